The van der Waals surface area contributed by atoms with Crippen LogP contribution in [-0.4, -0.2) is 22.1 Å². The number of hydrogen-bond donors (Lipinski definition) is 1. The number of nitrogens with one attached hydrogen (secondary N) is 1. The number of benzene rings is 1. The van der Waals surface area contributed by atoms with Crippen molar-refractivity contribution in [2.75, 3.05) is 0 Å². The fraction of sp³-hybridized carbons (Fsp3) is 0.176. The monoisotopic (exact) mass is 324 g/mol. The number of hydrazone groups is 1. The van der Waals surface area contributed by atoms with Gasteiger partial charge in [-0.25, -0.2) is 10.4 Å². The molecule has 1 N–H and O–H groups in total. The molecule has 3 aromatic rings. The maximum Gasteiger partial charge on any atom is 0.281 e. The summed E-state index contributed by atoms with van der Waals surface area (Å²) in [5, 5.41) is 3.97. The standard InChI is InChI=1S/C17H16N4OS/c1-3-15-11(2)8-16(23-15)17(22)21-19-10-12-9-18-13-6-4-5-7-14(13)20-12/h4-10H,3H2,1-2H3,(H,21,22)/b19-10-. The van der Waals surface area contributed by atoms with Gasteiger partial charge in [0.2, 0.25) is 0 Å². The van der Waals surface area contributed by atoms with E-state index in [0.29, 0.717) is 10.6 Å². The van der Waals surface area contributed by atoms with Crippen LogP contribution < -0.4 is 5.43 Å². The molecule has 116 valence electrons. The summed E-state index contributed by atoms with van der Waals surface area (Å²) in [6, 6.07) is 9.50. The Morgan fingerprint density at radius 3 is 2.87 bits per heavy atom. The van der Waals surface area contributed by atoms with Crippen LogP contribution in [0, 0.1) is 6.92 Å². The van der Waals surface area contributed by atoms with Crippen LogP contribution in [0.15, 0.2) is 41.6 Å². The molecule has 23 heavy (non-hydrogen) atoms. The maximum atomic E-state index is 12.1. The van der Waals surface area contributed by atoms with Crippen LogP contribution in [0.3, 0.4) is 0 Å². The Morgan fingerprint density at radius 2 is 2.13 bits per heavy atom. The highest BCUT2D eigenvalue weighted by Gasteiger charge is 2.10. The van der Waals surface area contributed by atoms with Crippen LogP contribution in [0.5, 0.6) is 0 Å². The van der Waals surface area contributed by atoms with Crippen LogP contribution in [-0.2, 0) is 6.42 Å². The van der Waals surface area contributed by atoms with Gasteiger partial charge < -0.3 is 0 Å². The molecule has 2 heterocycles. The van der Waals surface area contributed by atoms with E-state index in [4.69, 9.17) is 0 Å². The van der Waals surface area contributed by atoms with Gasteiger partial charge in [0.1, 0.15) is 5.69 Å². The molecule has 0 aliphatic heterocycles. The molecule has 0 fully saturated rings. The van der Waals surface area contributed by atoms with Crippen molar-refractivity contribution in [1.82, 2.24) is 15.4 Å². The summed E-state index contributed by atoms with van der Waals surface area (Å²) in [5.74, 6) is -0.206. The summed E-state index contributed by atoms with van der Waals surface area (Å²) in [6.45, 7) is 4.09. The van der Waals surface area contributed by atoms with Gasteiger partial charge in [-0.05, 0) is 37.1 Å². The first kappa shape index (κ1) is 15.3. The molecule has 0 radical (unpaired) electrons. The fourth-order valence-electron chi connectivity index (χ4n) is 2.23. The Kier molecular flexibility index (Phi) is 4.43. The average molecular weight is 324 g/mol. The largest absolute Gasteiger partial charge is 0.281 e. The highest BCUT2D eigenvalue weighted by Crippen LogP contribution is 2.22. The molecule has 0 bridgehead atoms. The second kappa shape index (κ2) is 6.66. The predicted octanol–water partition coefficient (Wildman–Crippen LogP) is 3.33. The molecule has 0 saturated heterocycles. The number of hydrogen-bond acceptors (Lipinski definition) is 5. The van der Waals surface area contributed by atoms with Gasteiger partial charge >= 0.3 is 0 Å². The molecule has 5 nitrogen and oxygen atoms in total. The summed E-state index contributed by atoms with van der Waals surface area (Å²) < 4.78 is 0. The van der Waals surface area contributed by atoms with Crippen LogP contribution in [0.25, 0.3) is 11.0 Å². The summed E-state index contributed by atoms with van der Waals surface area (Å²) in [6.07, 6.45) is 4.06. The second-order valence-electron chi connectivity index (χ2n) is 5.05. The number of para-hydroxylation sites is 2. The van der Waals surface area contributed by atoms with E-state index < -0.39 is 0 Å². The Bertz CT molecular complexity index is 885. The molecule has 2 aromatic heterocycles. The zero-order chi connectivity index (χ0) is 16.2. The predicted molar refractivity (Wildman–Crippen MR) is 93.0 cm³/mol. The van der Waals surface area contributed by atoms with Crippen molar-refractivity contribution in [1.29, 1.82) is 0 Å². The number of aryl methyl sites for hydroxylation is 2. The summed E-state index contributed by atoms with van der Waals surface area (Å²) in [4.78, 5) is 22.7. The lowest BCUT2D eigenvalue weighted by Crippen LogP contribution is -2.16. The van der Waals surface area contributed by atoms with E-state index in [9.17, 15) is 4.79 Å². The van der Waals surface area contributed by atoms with Crippen molar-refractivity contribution in [3.8, 4) is 0 Å². The lowest BCUT2D eigenvalue weighted by molar-refractivity contribution is 0.0959. The van der Waals surface area contributed by atoms with Crippen molar-refractivity contribution in [3.63, 3.8) is 0 Å². The summed E-state index contributed by atoms with van der Waals surface area (Å²) >= 11 is 1.50. The zero-order valence-electron chi connectivity index (χ0n) is 12.9. The van der Waals surface area contributed by atoms with Gasteiger partial charge in [-0.2, -0.15) is 5.10 Å². The Morgan fingerprint density at radius 1 is 1.35 bits per heavy atom. The second-order valence-corrected chi connectivity index (χ2v) is 6.19. The third kappa shape index (κ3) is 3.43. The van der Waals surface area contributed by atoms with Crippen molar-refractivity contribution in [3.05, 3.63) is 57.5 Å². The molecule has 0 aliphatic carbocycles. The Balaban J connectivity index is 1.70. The number of aromatic nitrogens is 2. The lowest BCUT2D eigenvalue weighted by Gasteiger charge is -1.98. The van der Waals surface area contributed by atoms with E-state index in [0.717, 1.165) is 23.0 Å². The first-order chi connectivity index (χ1) is 11.2. The van der Waals surface area contributed by atoms with E-state index in [1.54, 1.807) is 6.20 Å². The topological polar surface area (TPSA) is 67.2 Å². The molecule has 3 rings (SSSR count). The number of rotatable bonds is 4. The number of carbonyl (C=O) groups excluding carboxylic acids is 1. The highest BCUT2D eigenvalue weighted by molar-refractivity contribution is 7.14. The first-order valence-corrected chi connectivity index (χ1v) is 8.13. The molecule has 0 aliphatic rings. The number of amides is 1. The Labute approximate surface area is 138 Å². The third-order valence-electron chi connectivity index (χ3n) is 3.40. The number of nitrogens with zero attached hydrogens (tertiary/aromatic N) is 3. The fourth-order valence-corrected chi connectivity index (χ4v) is 3.23. The molecule has 6 heteroatoms. The number of fused-ring (bicyclic) bond motifs is 1. The number of carbonyl (C=O) groups is 1. The molecule has 1 amide bonds. The molecule has 0 saturated carbocycles. The zero-order valence-corrected chi connectivity index (χ0v) is 13.7. The summed E-state index contributed by atoms with van der Waals surface area (Å²) in [7, 11) is 0. The van der Waals surface area contributed by atoms with Crippen molar-refractivity contribution < 1.29 is 4.79 Å². The van der Waals surface area contributed by atoms with Crippen molar-refractivity contribution in [2.24, 2.45) is 5.10 Å². The van der Waals surface area contributed by atoms with E-state index in [1.165, 1.54) is 22.4 Å². The van der Waals surface area contributed by atoms with E-state index in [2.05, 4.69) is 27.4 Å². The van der Waals surface area contributed by atoms with Gasteiger partial charge in [-0.15, -0.1) is 11.3 Å². The van der Waals surface area contributed by atoms with E-state index in [-0.39, 0.29) is 5.91 Å². The van der Waals surface area contributed by atoms with Crippen molar-refractivity contribution >= 4 is 34.5 Å². The molecule has 1 aromatic carbocycles. The normalized spacial score (nSPS) is 11.2. The van der Waals surface area contributed by atoms with Crippen LogP contribution >= 0.6 is 11.3 Å². The molecule has 0 atom stereocenters. The van der Waals surface area contributed by atoms with E-state index >= 15 is 0 Å². The summed E-state index contributed by atoms with van der Waals surface area (Å²) in [5.41, 5.74) is 5.90. The smallest absolute Gasteiger partial charge is 0.266 e. The quantitative estimate of drug-likeness (QED) is 0.591. The minimum absolute atomic E-state index is 0.206. The SMILES string of the molecule is CCc1sc(C(=O)N/N=C\c2cnc3ccccc3n2)cc1C. The van der Waals surface area contributed by atoms with Crippen LogP contribution in [0.2, 0.25) is 0 Å². The average Bonchev–Trinajstić information content (AvgIpc) is 2.95. The van der Waals surface area contributed by atoms with Gasteiger partial charge in [-0.3, -0.25) is 9.78 Å². The van der Waals surface area contributed by atoms with Gasteiger partial charge in [0.15, 0.2) is 0 Å². The van der Waals surface area contributed by atoms with Gasteiger partial charge in [-0.1, -0.05) is 19.1 Å². The van der Waals surface area contributed by atoms with Crippen molar-refractivity contribution in [2.45, 2.75) is 20.3 Å². The molecule has 0 spiro atoms. The minimum Gasteiger partial charge on any atom is -0.266 e. The van der Waals surface area contributed by atoms with Gasteiger partial charge in [0, 0.05) is 4.88 Å². The number of thiophene rings is 1. The maximum absolute atomic E-state index is 12.1. The first-order valence-electron chi connectivity index (χ1n) is 7.32. The molecular formula is C17H16N4OS. The van der Waals surface area contributed by atoms with Gasteiger partial charge in [0.25, 0.3) is 5.91 Å². The Hall–Kier alpha value is -2.60. The molecular weight excluding hydrogens is 308 g/mol. The van der Waals surface area contributed by atoms with Crippen LogP contribution in [0.1, 0.15) is 32.7 Å². The lowest BCUT2D eigenvalue weighted by atomic mass is 10.2. The van der Waals surface area contributed by atoms with Crippen LogP contribution in [0.4, 0.5) is 0 Å². The highest BCUT2D eigenvalue weighted by atomic mass is 32.1. The van der Waals surface area contributed by atoms with Gasteiger partial charge in [0.05, 0.1) is 28.3 Å². The minimum atomic E-state index is -0.206. The third-order valence-corrected chi connectivity index (χ3v) is 4.78. The molecule has 0 unspecified atom stereocenters. The van der Waals surface area contributed by atoms with E-state index in [1.807, 2.05) is 37.3 Å².